The fraction of sp³-hybridized carbons (Fsp3) is 0.750. The first kappa shape index (κ1) is 10.7. The standard InChI is InChI=1S/C12H19NO2/c14-8-9-15-11-4-1-2-5-12(11)6-3-7-13-10-12/h4,10,14H,1-3,5-9H2. The Morgan fingerprint density at radius 1 is 1.40 bits per heavy atom. The van der Waals surface area contributed by atoms with Crippen LogP contribution in [0, 0.1) is 5.41 Å². The first-order chi connectivity index (χ1) is 7.37. The summed E-state index contributed by atoms with van der Waals surface area (Å²) in [6.45, 7) is 1.45. The Labute approximate surface area is 90.9 Å². The lowest BCUT2D eigenvalue weighted by Gasteiger charge is -2.36. The van der Waals surface area contributed by atoms with Gasteiger partial charge in [-0.25, -0.2) is 0 Å². The van der Waals surface area contributed by atoms with Crippen LogP contribution in [0.2, 0.25) is 0 Å². The Hall–Kier alpha value is -0.830. The third-order valence-corrected chi connectivity index (χ3v) is 3.24. The van der Waals surface area contributed by atoms with Gasteiger partial charge < -0.3 is 9.84 Å². The molecule has 3 nitrogen and oxygen atoms in total. The minimum absolute atomic E-state index is 0.0612. The number of aliphatic hydroxyl groups excluding tert-OH is 1. The molecule has 0 aromatic rings. The Morgan fingerprint density at radius 2 is 2.27 bits per heavy atom. The summed E-state index contributed by atoms with van der Waals surface area (Å²) in [6, 6.07) is 0. The summed E-state index contributed by atoms with van der Waals surface area (Å²) in [6.07, 6.45) is 10.0. The number of hydrogen-bond donors (Lipinski definition) is 1. The lowest BCUT2D eigenvalue weighted by molar-refractivity contribution is 0.101. The largest absolute Gasteiger partial charge is 0.495 e. The first-order valence-corrected chi connectivity index (χ1v) is 5.83. The van der Waals surface area contributed by atoms with Gasteiger partial charge >= 0.3 is 0 Å². The SMILES string of the molecule is OCCOC1=CCCCC12C=NCCC2. The number of hydrogen-bond acceptors (Lipinski definition) is 3. The van der Waals surface area contributed by atoms with Crippen molar-refractivity contribution in [2.75, 3.05) is 19.8 Å². The van der Waals surface area contributed by atoms with E-state index in [1.54, 1.807) is 0 Å². The lowest BCUT2D eigenvalue weighted by Crippen LogP contribution is -2.32. The molecule has 1 aliphatic heterocycles. The summed E-state index contributed by atoms with van der Waals surface area (Å²) in [4.78, 5) is 4.40. The molecule has 84 valence electrons. The molecule has 2 aliphatic rings. The summed E-state index contributed by atoms with van der Waals surface area (Å²) in [5.74, 6) is 1.05. The lowest BCUT2D eigenvalue weighted by atomic mass is 9.73. The van der Waals surface area contributed by atoms with E-state index in [-0.39, 0.29) is 12.0 Å². The van der Waals surface area contributed by atoms with Crippen molar-refractivity contribution in [2.45, 2.75) is 32.1 Å². The Morgan fingerprint density at radius 3 is 3.00 bits per heavy atom. The molecule has 0 aromatic carbocycles. The van der Waals surface area contributed by atoms with Crippen LogP contribution in [0.4, 0.5) is 0 Å². The third kappa shape index (κ3) is 2.23. The second-order valence-electron chi connectivity index (χ2n) is 4.33. The summed E-state index contributed by atoms with van der Waals surface area (Å²) in [5.41, 5.74) is 0.0612. The summed E-state index contributed by atoms with van der Waals surface area (Å²) >= 11 is 0. The quantitative estimate of drug-likeness (QED) is 0.771. The Kier molecular flexibility index (Phi) is 3.41. The maximum Gasteiger partial charge on any atom is 0.111 e. The molecule has 1 aliphatic carbocycles. The van der Waals surface area contributed by atoms with Crippen molar-refractivity contribution >= 4 is 6.21 Å². The number of aliphatic imine (C=N–C) groups is 1. The number of allylic oxidation sites excluding steroid dienone is 2. The van der Waals surface area contributed by atoms with Crippen LogP contribution in [-0.4, -0.2) is 31.1 Å². The molecule has 0 saturated carbocycles. The molecule has 0 aromatic heterocycles. The highest BCUT2D eigenvalue weighted by atomic mass is 16.5. The van der Waals surface area contributed by atoms with Crippen LogP contribution >= 0.6 is 0 Å². The summed E-state index contributed by atoms with van der Waals surface area (Å²) < 4.78 is 5.65. The van der Waals surface area contributed by atoms with Gasteiger partial charge in [0.05, 0.1) is 12.0 Å². The van der Waals surface area contributed by atoms with Crippen molar-refractivity contribution in [3.63, 3.8) is 0 Å². The van der Waals surface area contributed by atoms with Gasteiger partial charge in [-0.2, -0.15) is 0 Å². The first-order valence-electron chi connectivity index (χ1n) is 5.83. The highest BCUT2D eigenvalue weighted by Gasteiger charge is 2.36. The molecule has 0 fully saturated rings. The van der Waals surface area contributed by atoms with Crippen LogP contribution in [0.25, 0.3) is 0 Å². The van der Waals surface area contributed by atoms with Crippen molar-refractivity contribution in [2.24, 2.45) is 10.4 Å². The number of aliphatic hydroxyl groups is 1. The van der Waals surface area contributed by atoms with Gasteiger partial charge in [0.2, 0.25) is 0 Å². The van der Waals surface area contributed by atoms with Gasteiger partial charge in [-0.1, -0.05) is 0 Å². The van der Waals surface area contributed by atoms with Gasteiger partial charge in [0.1, 0.15) is 12.4 Å². The maximum atomic E-state index is 8.80. The van der Waals surface area contributed by atoms with E-state index < -0.39 is 0 Å². The fourth-order valence-electron chi connectivity index (χ4n) is 2.50. The van der Waals surface area contributed by atoms with E-state index in [4.69, 9.17) is 9.84 Å². The summed E-state index contributed by atoms with van der Waals surface area (Å²) in [7, 11) is 0. The van der Waals surface area contributed by atoms with Crippen LogP contribution in [0.5, 0.6) is 0 Å². The molecule has 0 radical (unpaired) electrons. The Bertz CT molecular complexity index is 269. The Balaban J connectivity index is 2.13. The average Bonchev–Trinajstić information content (AvgIpc) is 2.29. The van der Waals surface area contributed by atoms with E-state index >= 15 is 0 Å². The predicted octanol–water partition coefficient (Wildman–Crippen LogP) is 1.91. The van der Waals surface area contributed by atoms with Crippen molar-refractivity contribution in [3.8, 4) is 0 Å². The van der Waals surface area contributed by atoms with E-state index in [0.717, 1.165) is 38.0 Å². The molecule has 0 bridgehead atoms. The van der Waals surface area contributed by atoms with E-state index in [9.17, 15) is 0 Å². The molecular weight excluding hydrogens is 190 g/mol. The maximum absolute atomic E-state index is 8.80. The smallest absolute Gasteiger partial charge is 0.111 e. The average molecular weight is 209 g/mol. The van der Waals surface area contributed by atoms with Gasteiger partial charge in [-0.15, -0.1) is 0 Å². The summed E-state index contributed by atoms with van der Waals surface area (Å²) in [5, 5.41) is 8.80. The molecule has 1 atom stereocenters. The minimum atomic E-state index is 0.0612. The predicted molar refractivity (Wildman–Crippen MR) is 60.0 cm³/mol. The van der Waals surface area contributed by atoms with Crippen LogP contribution in [0.3, 0.4) is 0 Å². The van der Waals surface area contributed by atoms with Crippen molar-refractivity contribution < 1.29 is 9.84 Å². The molecule has 1 heterocycles. The zero-order chi connectivity index (χ0) is 10.6. The zero-order valence-corrected chi connectivity index (χ0v) is 9.11. The van der Waals surface area contributed by atoms with Crippen molar-refractivity contribution in [1.29, 1.82) is 0 Å². The normalized spacial score (nSPS) is 30.3. The van der Waals surface area contributed by atoms with Crippen LogP contribution < -0.4 is 0 Å². The number of rotatable bonds is 3. The molecule has 0 amide bonds. The van der Waals surface area contributed by atoms with Crippen LogP contribution in [0.15, 0.2) is 16.8 Å². The van der Waals surface area contributed by atoms with E-state index in [1.165, 1.54) is 6.42 Å². The minimum Gasteiger partial charge on any atom is -0.495 e. The van der Waals surface area contributed by atoms with Crippen LogP contribution in [-0.2, 0) is 4.74 Å². The highest BCUT2D eigenvalue weighted by Crippen LogP contribution is 2.42. The topological polar surface area (TPSA) is 41.8 Å². The second-order valence-corrected chi connectivity index (χ2v) is 4.33. The van der Waals surface area contributed by atoms with Gasteiger partial charge in [0, 0.05) is 12.8 Å². The van der Waals surface area contributed by atoms with Crippen LogP contribution in [0.1, 0.15) is 32.1 Å². The van der Waals surface area contributed by atoms with Gasteiger partial charge in [-0.3, -0.25) is 4.99 Å². The number of ether oxygens (including phenoxy) is 1. The molecule has 1 N–H and O–H groups in total. The number of nitrogens with zero attached hydrogens (tertiary/aromatic N) is 1. The highest BCUT2D eigenvalue weighted by molar-refractivity contribution is 5.71. The third-order valence-electron chi connectivity index (χ3n) is 3.24. The van der Waals surface area contributed by atoms with Gasteiger partial charge in [-0.05, 0) is 38.2 Å². The molecule has 0 saturated heterocycles. The fourth-order valence-corrected chi connectivity index (χ4v) is 2.50. The van der Waals surface area contributed by atoms with Gasteiger partial charge in [0.25, 0.3) is 0 Å². The molecular formula is C12H19NO2. The van der Waals surface area contributed by atoms with E-state index in [2.05, 4.69) is 17.3 Å². The molecule has 3 heteroatoms. The van der Waals surface area contributed by atoms with Crippen molar-refractivity contribution in [3.05, 3.63) is 11.8 Å². The monoisotopic (exact) mass is 209 g/mol. The molecule has 15 heavy (non-hydrogen) atoms. The van der Waals surface area contributed by atoms with E-state index in [1.807, 2.05) is 0 Å². The van der Waals surface area contributed by atoms with E-state index in [0.29, 0.717) is 6.61 Å². The zero-order valence-electron chi connectivity index (χ0n) is 9.11. The molecule has 2 rings (SSSR count). The van der Waals surface area contributed by atoms with Crippen molar-refractivity contribution in [1.82, 2.24) is 0 Å². The molecule has 1 unspecified atom stereocenters. The molecule has 1 spiro atoms. The van der Waals surface area contributed by atoms with Gasteiger partial charge in [0.15, 0.2) is 0 Å². The second kappa shape index (κ2) is 4.79.